The largest absolute Gasteiger partial charge is 0.342 e. The molecule has 3 N–H and O–H groups in total. The highest BCUT2D eigenvalue weighted by molar-refractivity contribution is 6.34. The molecule has 3 nitrogen and oxygen atoms in total. The monoisotopic (exact) mass is 265 g/mol. The maximum atomic E-state index is 6.11. The van der Waals surface area contributed by atoms with E-state index in [4.69, 9.17) is 17.3 Å². The zero-order valence-corrected chi connectivity index (χ0v) is 11.7. The van der Waals surface area contributed by atoms with Crippen LogP contribution >= 0.6 is 11.6 Å². The van der Waals surface area contributed by atoms with E-state index in [0.717, 1.165) is 42.7 Å². The average molecular weight is 266 g/mol. The highest BCUT2D eigenvalue weighted by Gasteiger charge is 2.17. The number of halogens is 1. The van der Waals surface area contributed by atoms with Crippen LogP contribution in [0.3, 0.4) is 0 Å². The molecule has 0 atom stereocenters. The molecule has 1 heterocycles. The van der Waals surface area contributed by atoms with Crippen LogP contribution in [0.25, 0.3) is 11.0 Å². The second-order valence-corrected chi connectivity index (χ2v) is 5.93. The Balaban J connectivity index is 2.11. The minimum absolute atomic E-state index is 0.261. The third kappa shape index (κ3) is 3.03. The van der Waals surface area contributed by atoms with Gasteiger partial charge in [0.25, 0.3) is 0 Å². The van der Waals surface area contributed by atoms with E-state index in [1.165, 1.54) is 0 Å². The van der Waals surface area contributed by atoms with Crippen LogP contribution in [0, 0.1) is 5.41 Å². The predicted molar refractivity (Wildman–Crippen MR) is 76.9 cm³/mol. The van der Waals surface area contributed by atoms with Crippen LogP contribution in [0.5, 0.6) is 0 Å². The molecule has 0 aliphatic rings. The molecule has 1 aromatic carbocycles. The molecule has 0 aliphatic heterocycles. The fraction of sp³-hybridized carbons (Fsp3) is 0.500. The van der Waals surface area contributed by atoms with Crippen molar-refractivity contribution in [3.05, 3.63) is 29.0 Å². The second-order valence-electron chi connectivity index (χ2n) is 5.52. The SMILES string of the molecule is CC(C)(CCN)CCc1nc2c(Cl)cccc2[nH]1. The summed E-state index contributed by atoms with van der Waals surface area (Å²) >= 11 is 6.11. The summed E-state index contributed by atoms with van der Waals surface area (Å²) in [5.41, 5.74) is 7.76. The number of aromatic amines is 1. The molecule has 4 heteroatoms. The lowest BCUT2D eigenvalue weighted by atomic mass is 9.84. The first kappa shape index (κ1) is 13.4. The smallest absolute Gasteiger partial charge is 0.107 e. The van der Waals surface area contributed by atoms with Gasteiger partial charge in [-0.25, -0.2) is 4.98 Å². The Kier molecular flexibility index (Phi) is 3.93. The molecular formula is C14H20ClN3. The number of para-hydroxylation sites is 1. The molecule has 1 aromatic heterocycles. The number of aryl methyl sites for hydroxylation is 1. The van der Waals surface area contributed by atoms with Gasteiger partial charge in [-0.15, -0.1) is 0 Å². The van der Waals surface area contributed by atoms with Crippen molar-refractivity contribution in [2.75, 3.05) is 6.54 Å². The summed E-state index contributed by atoms with van der Waals surface area (Å²) in [6, 6.07) is 5.81. The third-order valence-corrected chi connectivity index (χ3v) is 3.68. The van der Waals surface area contributed by atoms with Crippen LogP contribution < -0.4 is 5.73 Å². The number of fused-ring (bicyclic) bond motifs is 1. The second kappa shape index (κ2) is 5.29. The minimum atomic E-state index is 0.261. The molecule has 0 bridgehead atoms. The molecule has 2 aromatic rings. The quantitative estimate of drug-likeness (QED) is 0.869. The summed E-state index contributed by atoms with van der Waals surface area (Å²) in [6.07, 6.45) is 3.04. The van der Waals surface area contributed by atoms with Crippen molar-refractivity contribution in [3.8, 4) is 0 Å². The van der Waals surface area contributed by atoms with Crippen LogP contribution in [0.15, 0.2) is 18.2 Å². The molecule has 0 amide bonds. The summed E-state index contributed by atoms with van der Waals surface area (Å²) in [4.78, 5) is 7.88. The molecule has 0 aliphatic carbocycles. The standard InChI is InChI=1S/C14H20ClN3/c1-14(2,8-9-16)7-6-12-17-11-5-3-4-10(15)13(11)18-12/h3-5H,6-9,16H2,1-2H3,(H,17,18). The summed E-state index contributed by atoms with van der Waals surface area (Å²) < 4.78 is 0. The van der Waals surface area contributed by atoms with Gasteiger partial charge in [0.2, 0.25) is 0 Å². The van der Waals surface area contributed by atoms with E-state index in [1.54, 1.807) is 0 Å². The Labute approximate surface area is 113 Å². The van der Waals surface area contributed by atoms with Gasteiger partial charge in [-0.1, -0.05) is 31.5 Å². The molecule has 0 unspecified atom stereocenters. The minimum Gasteiger partial charge on any atom is -0.342 e. The number of nitrogens with zero attached hydrogens (tertiary/aromatic N) is 1. The fourth-order valence-electron chi connectivity index (χ4n) is 2.14. The third-order valence-electron chi connectivity index (χ3n) is 3.37. The van der Waals surface area contributed by atoms with Gasteiger partial charge in [-0.05, 0) is 36.9 Å². The van der Waals surface area contributed by atoms with E-state index in [2.05, 4.69) is 23.8 Å². The molecule has 98 valence electrons. The lowest BCUT2D eigenvalue weighted by Crippen LogP contribution is -2.18. The van der Waals surface area contributed by atoms with Gasteiger partial charge in [0.15, 0.2) is 0 Å². The fourth-order valence-corrected chi connectivity index (χ4v) is 2.36. The molecule has 0 saturated heterocycles. The lowest BCUT2D eigenvalue weighted by Gasteiger charge is -2.22. The van der Waals surface area contributed by atoms with Gasteiger partial charge in [-0.3, -0.25) is 0 Å². The van der Waals surface area contributed by atoms with Crippen LogP contribution in [-0.2, 0) is 6.42 Å². The van der Waals surface area contributed by atoms with E-state index in [1.807, 2.05) is 18.2 Å². The molecule has 0 spiro atoms. The van der Waals surface area contributed by atoms with E-state index in [9.17, 15) is 0 Å². The Morgan fingerprint density at radius 3 is 2.78 bits per heavy atom. The summed E-state index contributed by atoms with van der Waals surface area (Å²) in [7, 11) is 0. The van der Waals surface area contributed by atoms with Crippen molar-refractivity contribution in [3.63, 3.8) is 0 Å². The van der Waals surface area contributed by atoms with E-state index in [-0.39, 0.29) is 5.41 Å². The van der Waals surface area contributed by atoms with Crippen molar-refractivity contribution < 1.29 is 0 Å². The maximum Gasteiger partial charge on any atom is 0.107 e. The van der Waals surface area contributed by atoms with Gasteiger partial charge in [0.1, 0.15) is 11.3 Å². The first-order chi connectivity index (χ1) is 8.52. The number of aromatic nitrogens is 2. The topological polar surface area (TPSA) is 54.7 Å². The highest BCUT2D eigenvalue weighted by atomic mass is 35.5. The molecule has 18 heavy (non-hydrogen) atoms. The first-order valence-corrected chi connectivity index (χ1v) is 6.73. The van der Waals surface area contributed by atoms with Crippen LogP contribution in [0.1, 0.15) is 32.5 Å². The molecule has 0 radical (unpaired) electrons. The van der Waals surface area contributed by atoms with Gasteiger partial charge >= 0.3 is 0 Å². The van der Waals surface area contributed by atoms with Gasteiger partial charge in [0, 0.05) is 6.42 Å². The number of hydrogen-bond donors (Lipinski definition) is 2. The number of nitrogens with one attached hydrogen (secondary N) is 1. The number of imidazole rings is 1. The molecular weight excluding hydrogens is 246 g/mol. The maximum absolute atomic E-state index is 6.11. The Morgan fingerprint density at radius 2 is 2.11 bits per heavy atom. The zero-order valence-electron chi connectivity index (χ0n) is 11.0. The van der Waals surface area contributed by atoms with Crippen molar-refractivity contribution >= 4 is 22.6 Å². The van der Waals surface area contributed by atoms with Gasteiger partial charge in [-0.2, -0.15) is 0 Å². The van der Waals surface area contributed by atoms with E-state index >= 15 is 0 Å². The summed E-state index contributed by atoms with van der Waals surface area (Å²) in [5.74, 6) is 1.00. The van der Waals surface area contributed by atoms with E-state index < -0.39 is 0 Å². The first-order valence-electron chi connectivity index (χ1n) is 6.35. The number of hydrogen-bond acceptors (Lipinski definition) is 2. The summed E-state index contributed by atoms with van der Waals surface area (Å²) in [6.45, 7) is 5.23. The predicted octanol–water partition coefficient (Wildman–Crippen LogP) is 3.52. The van der Waals surface area contributed by atoms with E-state index in [0.29, 0.717) is 5.02 Å². The average Bonchev–Trinajstić information content (AvgIpc) is 2.71. The van der Waals surface area contributed by atoms with Gasteiger partial charge < -0.3 is 10.7 Å². The van der Waals surface area contributed by atoms with Crippen molar-refractivity contribution in [2.24, 2.45) is 11.1 Å². The van der Waals surface area contributed by atoms with Crippen molar-refractivity contribution in [2.45, 2.75) is 33.1 Å². The van der Waals surface area contributed by atoms with Crippen LogP contribution in [0.2, 0.25) is 5.02 Å². The highest BCUT2D eigenvalue weighted by Crippen LogP contribution is 2.27. The van der Waals surface area contributed by atoms with Crippen molar-refractivity contribution in [1.29, 1.82) is 0 Å². The Bertz CT molecular complexity index is 531. The number of benzene rings is 1. The molecule has 2 rings (SSSR count). The van der Waals surface area contributed by atoms with Crippen molar-refractivity contribution in [1.82, 2.24) is 9.97 Å². The molecule has 0 saturated carbocycles. The van der Waals surface area contributed by atoms with Crippen LogP contribution in [0.4, 0.5) is 0 Å². The number of H-pyrrole nitrogens is 1. The normalized spacial score (nSPS) is 12.2. The Morgan fingerprint density at radius 1 is 1.33 bits per heavy atom. The van der Waals surface area contributed by atoms with Crippen LogP contribution in [-0.4, -0.2) is 16.5 Å². The Hall–Kier alpha value is -1.06. The zero-order chi connectivity index (χ0) is 13.2. The van der Waals surface area contributed by atoms with Gasteiger partial charge in [0.05, 0.1) is 10.5 Å². The molecule has 0 fully saturated rings. The summed E-state index contributed by atoms with van der Waals surface area (Å²) in [5, 5.41) is 0.705. The number of rotatable bonds is 5. The number of nitrogens with two attached hydrogens (primary N) is 1. The lowest BCUT2D eigenvalue weighted by molar-refractivity contribution is 0.311.